The molecule has 6 heteroatoms. The molecule has 0 fully saturated rings. The summed E-state index contributed by atoms with van der Waals surface area (Å²) in [5, 5.41) is 9.49. The lowest BCUT2D eigenvalue weighted by Gasteiger charge is -2.21. The van der Waals surface area contributed by atoms with Gasteiger partial charge in [0.2, 0.25) is 0 Å². The molecule has 15 heavy (non-hydrogen) atoms. The van der Waals surface area contributed by atoms with E-state index >= 15 is 0 Å². The molecule has 0 saturated heterocycles. The van der Waals surface area contributed by atoms with Gasteiger partial charge in [0.15, 0.2) is 6.61 Å². The van der Waals surface area contributed by atoms with E-state index in [1.807, 2.05) is 0 Å². The monoisotopic (exact) mass is 236 g/mol. The fraction of sp³-hybridized carbons (Fsp3) is 0.667. The molecule has 0 aromatic heterocycles. The van der Waals surface area contributed by atoms with Crippen LogP contribution in [0, 0.1) is 0 Å². The Morgan fingerprint density at radius 2 is 1.87 bits per heavy atom. The molecule has 0 saturated carbocycles. The molecule has 0 radical (unpaired) electrons. The lowest BCUT2D eigenvalue weighted by atomic mass is 10.4. The molecule has 0 aliphatic rings. The predicted octanol–water partition coefficient (Wildman–Crippen LogP) is -0.0394. The first kappa shape index (κ1) is 16.7. The number of carbonyl (C=O) groups is 1. The maximum absolute atomic E-state index is 9.81. The van der Waals surface area contributed by atoms with E-state index in [1.54, 1.807) is 0 Å². The smallest absolute Gasteiger partial charge is 0.494 e. The van der Waals surface area contributed by atoms with E-state index in [4.69, 9.17) is 0 Å². The second kappa shape index (κ2) is 8.53. The molecule has 0 aromatic carbocycles. The summed E-state index contributed by atoms with van der Waals surface area (Å²) in [6.07, 6.45) is 0. The number of hydrogen-bond donors (Lipinski definition) is 0. The Kier molecular flexibility index (Phi) is 9.47. The lowest BCUT2D eigenvalue weighted by Crippen LogP contribution is -2.37. The standard InChI is InChI=1S/C5H14NO2P.C4H6O2/c1-6(2,3)4-5-8-9-7;1-3(2)4(5)6/h9H,4-5H2,1-3H3;1H2,2H3,(H,5,6)/q+2;/p-1. The maximum atomic E-state index is 9.81. The molecular weight excluding hydrogens is 217 g/mol. The van der Waals surface area contributed by atoms with Crippen LogP contribution in [-0.2, 0) is 13.9 Å². The molecule has 0 spiro atoms. The summed E-state index contributed by atoms with van der Waals surface area (Å²) < 4.78 is 15.3. The van der Waals surface area contributed by atoms with Gasteiger partial charge in [-0.3, -0.25) is 0 Å². The Balaban J connectivity index is 0. The van der Waals surface area contributed by atoms with Gasteiger partial charge >= 0.3 is 8.69 Å². The largest absolute Gasteiger partial charge is 0.545 e. The van der Waals surface area contributed by atoms with E-state index in [1.165, 1.54) is 6.92 Å². The van der Waals surface area contributed by atoms with E-state index in [0.717, 1.165) is 11.0 Å². The third kappa shape index (κ3) is 19.6. The lowest BCUT2D eigenvalue weighted by molar-refractivity contribution is -0.870. The van der Waals surface area contributed by atoms with E-state index in [2.05, 4.69) is 32.2 Å². The van der Waals surface area contributed by atoms with Gasteiger partial charge in [0, 0.05) is 0 Å². The van der Waals surface area contributed by atoms with Crippen molar-refractivity contribution in [1.29, 1.82) is 0 Å². The first-order valence-electron chi connectivity index (χ1n) is 4.37. The summed E-state index contributed by atoms with van der Waals surface area (Å²) in [5.74, 6) is -1.19. The minimum Gasteiger partial charge on any atom is -0.545 e. The molecule has 0 amide bonds. The zero-order valence-electron chi connectivity index (χ0n) is 9.70. The average Bonchev–Trinajstić information content (AvgIpc) is 2.03. The Morgan fingerprint density at radius 1 is 1.47 bits per heavy atom. The van der Waals surface area contributed by atoms with Gasteiger partial charge in [-0.15, -0.1) is 4.52 Å². The Morgan fingerprint density at radius 3 is 2.07 bits per heavy atom. The highest BCUT2D eigenvalue weighted by Crippen LogP contribution is 1.96. The van der Waals surface area contributed by atoms with Gasteiger partial charge < -0.3 is 14.4 Å². The number of rotatable bonds is 5. The highest BCUT2D eigenvalue weighted by molar-refractivity contribution is 7.17. The van der Waals surface area contributed by atoms with Crippen LogP contribution in [0.2, 0.25) is 0 Å². The van der Waals surface area contributed by atoms with E-state index in [0.29, 0.717) is 6.61 Å². The SMILES string of the molecule is C=C(C)C(=O)[O-].C[N+](C)(C)CCO[PH+]=O. The topological polar surface area (TPSA) is 66.4 Å². The van der Waals surface area contributed by atoms with Gasteiger partial charge in [-0.05, 0) is 17.1 Å². The van der Waals surface area contributed by atoms with Crippen molar-refractivity contribution in [3.8, 4) is 0 Å². The zero-order chi connectivity index (χ0) is 12.5. The van der Waals surface area contributed by atoms with Crippen LogP contribution in [0.5, 0.6) is 0 Å². The van der Waals surface area contributed by atoms with Crippen LogP contribution in [0.25, 0.3) is 0 Å². The van der Waals surface area contributed by atoms with E-state index in [-0.39, 0.29) is 5.57 Å². The molecule has 0 aliphatic carbocycles. The van der Waals surface area contributed by atoms with Crippen LogP contribution in [0.15, 0.2) is 12.2 Å². The fourth-order valence-electron chi connectivity index (χ4n) is 0.361. The summed E-state index contributed by atoms with van der Waals surface area (Å²) in [6, 6.07) is 0. The zero-order valence-corrected chi connectivity index (χ0v) is 10.7. The van der Waals surface area contributed by atoms with Crippen molar-refractivity contribution in [2.75, 3.05) is 34.3 Å². The molecule has 0 bridgehead atoms. The molecule has 0 rings (SSSR count). The van der Waals surface area contributed by atoms with E-state index < -0.39 is 14.7 Å². The second-order valence-corrected chi connectivity index (χ2v) is 4.47. The molecule has 5 nitrogen and oxygen atoms in total. The van der Waals surface area contributed by atoms with Crippen molar-refractivity contribution < 1.29 is 23.5 Å². The number of carboxylic acids is 1. The van der Waals surface area contributed by atoms with Gasteiger partial charge in [0.25, 0.3) is 0 Å². The van der Waals surface area contributed by atoms with Crippen molar-refractivity contribution in [3.05, 3.63) is 12.2 Å². The molecule has 88 valence electrons. The number of hydrogen-bond acceptors (Lipinski definition) is 4. The summed E-state index contributed by atoms with van der Waals surface area (Å²) in [6.45, 7) is 5.95. The number of carboxylic acid groups (broad SMARTS) is 1. The highest BCUT2D eigenvalue weighted by Gasteiger charge is 2.06. The molecule has 0 aromatic rings. The first-order valence-corrected chi connectivity index (χ1v) is 5.18. The van der Waals surface area contributed by atoms with Crippen molar-refractivity contribution in [2.24, 2.45) is 0 Å². The molecular formula is C9H19NO4P+. The second-order valence-electron chi connectivity index (χ2n) is 4.01. The third-order valence-corrected chi connectivity index (χ3v) is 1.59. The number of carbonyl (C=O) groups excluding carboxylic acids is 1. The van der Waals surface area contributed by atoms with E-state index in [9.17, 15) is 14.5 Å². The van der Waals surface area contributed by atoms with Crippen LogP contribution < -0.4 is 5.11 Å². The van der Waals surface area contributed by atoms with Crippen LogP contribution >= 0.6 is 8.69 Å². The number of quaternary nitrogens is 1. The number of likely N-dealkylation sites (N-methyl/N-ethyl adjacent to an activating group) is 1. The maximum Gasteiger partial charge on any atom is 0.494 e. The number of aliphatic carboxylic acids is 1. The first-order chi connectivity index (χ1) is 6.70. The Bertz CT molecular complexity index is 211. The normalized spacial score (nSPS) is 10.4. The van der Waals surface area contributed by atoms with Crippen molar-refractivity contribution in [1.82, 2.24) is 0 Å². The van der Waals surface area contributed by atoms with Crippen molar-refractivity contribution >= 4 is 14.7 Å². The predicted molar refractivity (Wildman–Crippen MR) is 57.7 cm³/mol. The molecule has 0 N–H and O–H groups in total. The molecule has 1 unspecified atom stereocenters. The fourth-order valence-corrected chi connectivity index (χ4v) is 0.536. The van der Waals surface area contributed by atoms with Crippen molar-refractivity contribution in [2.45, 2.75) is 6.92 Å². The molecule has 0 aliphatic heterocycles. The average molecular weight is 236 g/mol. The molecule has 1 atom stereocenters. The van der Waals surface area contributed by atoms with Gasteiger partial charge in [-0.1, -0.05) is 6.58 Å². The van der Waals surface area contributed by atoms with Crippen molar-refractivity contribution in [3.63, 3.8) is 0 Å². The van der Waals surface area contributed by atoms with Crippen LogP contribution in [0.4, 0.5) is 0 Å². The van der Waals surface area contributed by atoms with Gasteiger partial charge in [0.05, 0.1) is 27.1 Å². The van der Waals surface area contributed by atoms with Crippen LogP contribution in [-0.4, -0.2) is 44.7 Å². The van der Waals surface area contributed by atoms with Gasteiger partial charge in [-0.2, -0.15) is 0 Å². The Hall–Kier alpha value is -0.770. The highest BCUT2D eigenvalue weighted by atomic mass is 31.1. The van der Waals surface area contributed by atoms with Crippen LogP contribution in [0.3, 0.4) is 0 Å². The minimum atomic E-state index is -1.19. The Labute approximate surface area is 92.2 Å². The van der Waals surface area contributed by atoms with Gasteiger partial charge in [0.1, 0.15) is 6.54 Å². The quantitative estimate of drug-likeness (QED) is 0.291. The summed E-state index contributed by atoms with van der Waals surface area (Å²) in [4.78, 5) is 9.49. The number of nitrogens with zero attached hydrogens (tertiary/aromatic N) is 1. The third-order valence-electron chi connectivity index (χ3n) is 1.27. The summed E-state index contributed by atoms with van der Waals surface area (Å²) in [5.41, 5.74) is 0.0648. The van der Waals surface area contributed by atoms with Gasteiger partial charge in [-0.25, -0.2) is 0 Å². The minimum absolute atomic E-state index is 0.0648. The van der Waals surface area contributed by atoms with Crippen LogP contribution in [0.1, 0.15) is 6.92 Å². The summed E-state index contributed by atoms with van der Waals surface area (Å²) in [7, 11) is 5.58. The summed E-state index contributed by atoms with van der Waals surface area (Å²) >= 11 is 0. The molecule has 0 heterocycles.